The summed E-state index contributed by atoms with van der Waals surface area (Å²) in [4.78, 5) is 4.42. The Labute approximate surface area is 102 Å². The fourth-order valence-corrected chi connectivity index (χ4v) is 1.86. The zero-order valence-corrected chi connectivity index (χ0v) is 9.98. The first-order valence-corrected chi connectivity index (χ1v) is 5.87. The van der Waals surface area contributed by atoms with Gasteiger partial charge in [-0.1, -0.05) is 37.1 Å². The quantitative estimate of drug-likeness (QED) is 0.808. The molecule has 17 heavy (non-hydrogen) atoms. The molecular weight excluding hydrogens is 208 g/mol. The Morgan fingerprint density at radius 1 is 1.35 bits per heavy atom. The highest BCUT2D eigenvalue weighted by molar-refractivity contribution is 5.81. The highest BCUT2D eigenvalue weighted by atomic mass is 14.9. The van der Waals surface area contributed by atoms with Gasteiger partial charge in [-0.3, -0.25) is 10.3 Å². The van der Waals surface area contributed by atoms with E-state index in [9.17, 15) is 0 Å². The van der Waals surface area contributed by atoms with E-state index in [1.54, 1.807) is 0 Å². The Bertz CT molecular complexity index is 535. The van der Waals surface area contributed by atoms with Crippen LogP contribution in [-0.4, -0.2) is 11.0 Å². The topological polar surface area (TPSA) is 24.9 Å². The van der Waals surface area contributed by atoms with Crippen molar-refractivity contribution in [1.82, 2.24) is 10.3 Å². The Morgan fingerprint density at radius 3 is 2.94 bits per heavy atom. The molecule has 1 aromatic heterocycles. The van der Waals surface area contributed by atoms with E-state index in [1.165, 1.54) is 10.9 Å². The van der Waals surface area contributed by atoms with E-state index >= 15 is 0 Å². The number of para-hydroxylation sites is 1. The molecule has 0 aliphatic rings. The van der Waals surface area contributed by atoms with Crippen molar-refractivity contribution in [2.24, 2.45) is 0 Å². The zero-order valence-electron chi connectivity index (χ0n) is 9.98. The van der Waals surface area contributed by atoms with Crippen LogP contribution >= 0.6 is 0 Å². The molecule has 2 nitrogen and oxygen atoms in total. The third kappa shape index (κ3) is 2.64. The van der Waals surface area contributed by atoms with Crippen LogP contribution in [0.1, 0.15) is 18.9 Å². The van der Waals surface area contributed by atoms with Gasteiger partial charge in [0.15, 0.2) is 0 Å². The van der Waals surface area contributed by atoms with Crippen LogP contribution in [0.5, 0.6) is 0 Å². The molecule has 0 aliphatic carbocycles. The summed E-state index contributed by atoms with van der Waals surface area (Å²) >= 11 is 0. The molecule has 0 bridgehead atoms. The average molecular weight is 224 g/mol. The van der Waals surface area contributed by atoms with Crippen molar-refractivity contribution in [2.45, 2.75) is 25.9 Å². The molecule has 0 spiro atoms. The lowest BCUT2D eigenvalue weighted by Gasteiger charge is -2.11. The molecule has 1 N–H and O–H groups in total. The minimum absolute atomic E-state index is 0.133. The summed E-state index contributed by atoms with van der Waals surface area (Å²) in [5, 5.41) is 4.52. The van der Waals surface area contributed by atoms with Gasteiger partial charge in [0.1, 0.15) is 0 Å². The first-order valence-electron chi connectivity index (χ1n) is 5.87. The predicted molar refractivity (Wildman–Crippen MR) is 71.5 cm³/mol. The van der Waals surface area contributed by atoms with Gasteiger partial charge in [0.2, 0.25) is 0 Å². The maximum Gasteiger partial charge on any atom is 0.0746 e. The van der Waals surface area contributed by atoms with Gasteiger partial charge < -0.3 is 0 Å². The summed E-state index contributed by atoms with van der Waals surface area (Å²) in [6.07, 6.45) is 8.19. The number of aromatic nitrogens is 1. The molecule has 0 radical (unpaired) electrons. The SMILES string of the molecule is C#CC(CC)NCc1cccc2cccnc12. The average Bonchev–Trinajstić information content (AvgIpc) is 2.40. The third-order valence-corrected chi connectivity index (χ3v) is 2.86. The summed E-state index contributed by atoms with van der Waals surface area (Å²) in [6.45, 7) is 2.84. The number of pyridine rings is 1. The van der Waals surface area contributed by atoms with Crippen molar-refractivity contribution < 1.29 is 0 Å². The number of fused-ring (bicyclic) bond motifs is 1. The summed E-state index contributed by atoms with van der Waals surface area (Å²) in [5.74, 6) is 2.74. The molecule has 1 atom stereocenters. The molecule has 2 rings (SSSR count). The van der Waals surface area contributed by atoms with E-state index in [2.05, 4.69) is 47.4 Å². The summed E-state index contributed by atoms with van der Waals surface area (Å²) in [7, 11) is 0. The van der Waals surface area contributed by atoms with Crippen molar-refractivity contribution >= 4 is 10.9 Å². The van der Waals surface area contributed by atoms with Crippen LogP contribution in [0, 0.1) is 12.3 Å². The normalized spacial score (nSPS) is 12.2. The predicted octanol–water partition coefficient (Wildman–Crippen LogP) is 2.74. The molecule has 0 amide bonds. The molecule has 1 heterocycles. The van der Waals surface area contributed by atoms with E-state index in [1.807, 2.05) is 12.3 Å². The molecule has 0 fully saturated rings. The number of nitrogens with one attached hydrogen (secondary N) is 1. The summed E-state index contributed by atoms with van der Waals surface area (Å²) in [6, 6.07) is 10.4. The van der Waals surface area contributed by atoms with E-state index in [4.69, 9.17) is 6.42 Å². The minimum atomic E-state index is 0.133. The first-order chi connectivity index (χ1) is 8.35. The van der Waals surface area contributed by atoms with E-state index in [0.717, 1.165) is 18.5 Å². The van der Waals surface area contributed by atoms with E-state index in [0.29, 0.717) is 0 Å². The van der Waals surface area contributed by atoms with Crippen LogP contribution in [0.2, 0.25) is 0 Å². The molecule has 0 saturated heterocycles. The highest BCUT2D eigenvalue weighted by Gasteiger charge is 2.04. The van der Waals surface area contributed by atoms with Gasteiger partial charge >= 0.3 is 0 Å². The molecule has 1 aromatic carbocycles. The largest absolute Gasteiger partial charge is 0.300 e. The standard InChI is InChI=1S/C15H16N2/c1-3-14(4-2)17-11-13-8-5-7-12-9-6-10-16-15(12)13/h1,5-10,14,17H,4,11H2,2H3. The summed E-state index contributed by atoms with van der Waals surface area (Å²) < 4.78 is 0. The van der Waals surface area contributed by atoms with Crippen molar-refractivity contribution in [3.05, 3.63) is 42.1 Å². The summed E-state index contributed by atoms with van der Waals surface area (Å²) in [5.41, 5.74) is 2.24. The lowest BCUT2D eigenvalue weighted by molar-refractivity contribution is 0.594. The lowest BCUT2D eigenvalue weighted by atomic mass is 10.1. The fraction of sp³-hybridized carbons (Fsp3) is 0.267. The molecule has 86 valence electrons. The van der Waals surface area contributed by atoms with Gasteiger partial charge in [-0.15, -0.1) is 6.42 Å². The lowest BCUT2D eigenvalue weighted by Crippen LogP contribution is -2.26. The van der Waals surface area contributed by atoms with Crippen LogP contribution in [0.25, 0.3) is 10.9 Å². The Kier molecular flexibility index (Phi) is 3.74. The van der Waals surface area contributed by atoms with Crippen molar-refractivity contribution in [3.8, 4) is 12.3 Å². The second kappa shape index (κ2) is 5.47. The first kappa shape index (κ1) is 11.6. The van der Waals surface area contributed by atoms with Gasteiger partial charge in [0.25, 0.3) is 0 Å². The minimum Gasteiger partial charge on any atom is -0.300 e. The second-order valence-electron chi connectivity index (χ2n) is 4.00. The Hall–Kier alpha value is -1.85. The number of terminal acetylenes is 1. The monoisotopic (exact) mass is 224 g/mol. The van der Waals surface area contributed by atoms with E-state index < -0.39 is 0 Å². The number of nitrogens with zero attached hydrogens (tertiary/aromatic N) is 1. The van der Waals surface area contributed by atoms with Crippen LogP contribution < -0.4 is 5.32 Å². The Balaban J connectivity index is 2.22. The van der Waals surface area contributed by atoms with Gasteiger partial charge in [-0.05, 0) is 18.1 Å². The molecule has 2 aromatic rings. The number of benzene rings is 1. The third-order valence-electron chi connectivity index (χ3n) is 2.86. The Morgan fingerprint density at radius 2 is 2.18 bits per heavy atom. The van der Waals surface area contributed by atoms with Crippen LogP contribution in [0.3, 0.4) is 0 Å². The van der Waals surface area contributed by atoms with Crippen LogP contribution in [0.4, 0.5) is 0 Å². The number of rotatable bonds is 4. The van der Waals surface area contributed by atoms with Crippen LogP contribution in [0.15, 0.2) is 36.5 Å². The van der Waals surface area contributed by atoms with Gasteiger partial charge in [-0.2, -0.15) is 0 Å². The van der Waals surface area contributed by atoms with Gasteiger partial charge in [-0.25, -0.2) is 0 Å². The highest BCUT2D eigenvalue weighted by Crippen LogP contribution is 2.15. The zero-order chi connectivity index (χ0) is 12.1. The molecule has 0 saturated carbocycles. The van der Waals surface area contributed by atoms with Crippen molar-refractivity contribution in [2.75, 3.05) is 0 Å². The maximum absolute atomic E-state index is 5.43. The fourth-order valence-electron chi connectivity index (χ4n) is 1.86. The maximum atomic E-state index is 5.43. The molecular formula is C15H16N2. The molecule has 0 aliphatic heterocycles. The van der Waals surface area contributed by atoms with Crippen molar-refractivity contribution in [3.63, 3.8) is 0 Å². The number of hydrogen-bond acceptors (Lipinski definition) is 2. The molecule has 2 heteroatoms. The van der Waals surface area contributed by atoms with Crippen molar-refractivity contribution in [1.29, 1.82) is 0 Å². The smallest absolute Gasteiger partial charge is 0.0746 e. The van der Waals surface area contributed by atoms with Gasteiger partial charge in [0, 0.05) is 18.1 Å². The molecule has 1 unspecified atom stereocenters. The number of hydrogen-bond donors (Lipinski definition) is 1. The van der Waals surface area contributed by atoms with Crippen LogP contribution in [-0.2, 0) is 6.54 Å². The van der Waals surface area contributed by atoms with E-state index in [-0.39, 0.29) is 6.04 Å². The second-order valence-corrected chi connectivity index (χ2v) is 4.00. The van der Waals surface area contributed by atoms with Gasteiger partial charge in [0.05, 0.1) is 11.6 Å².